The maximum atomic E-state index is 12.7. The Morgan fingerprint density at radius 3 is 2.45 bits per heavy atom. The molecule has 3 aromatic carbocycles. The molecule has 1 aliphatic rings. The van der Waals surface area contributed by atoms with E-state index in [1.54, 1.807) is 26.0 Å². The molecule has 29 heavy (non-hydrogen) atoms. The molecule has 4 rings (SSSR count). The summed E-state index contributed by atoms with van der Waals surface area (Å²) < 4.78 is 27.3. The summed E-state index contributed by atoms with van der Waals surface area (Å²) >= 11 is 0. The summed E-state index contributed by atoms with van der Waals surface area (Å²) in [6, 6.07) is 20.0. The van der Waals surface area contributed by atoms with Crippen molar-refractivity contribution < 1.29 is 13.2 Å². The first-order valence-electron chi connectivity index (χ1n) is 9.48. The molecule has 0 heterocycles. The fourth-order valence-corrected chi connectivity index (χ4v) is 4.91. The zero-order valence-corrected chi connectivity index (χ0v) is 17.1. The van der Waals surface area contributed by atoms with Crippen molar-refractivity contribution in [3.63, 3.8) is 0 Å². The third-order valence-electron chi connectivity index (χ3n) is 4.85. The molecule has 0 fully saturated rings. The van der Waals surface area contributed by atoms with Crippen molar-refractivity contribution in [3.05, 3.63) is 83.4 Å². The van der Waals surface area contributed by atoms with Gasteiger partial charge in [0.05, 0.1) is 4.90 Å². The van der Waals surface area contributed by atoms with Crippen LogP contribution in [0.2, 0.25) is 0 Å². The highest BCUT2D eigenvalue weighted by molar-refractivity contribution is 7.89. The molecule has 3 aromatic rings. The Hall–Kier alpha value is -2.96. The van der Waals surface area contributed by atoms with Gasteiger partial charge in [-0.1, -0.05) is 36.4 Å². The van der Waals surface area contributed by atoms with Crippen LogP contribution in [0.3, 0.4) is 0 Å². The maximum absolute atomic E-state index is 12.7. The smallest absolute Gasteiger partial charge is 0.255 e. The zero-order valence-electron chi connectivity index (χ0n) is 16.3. The average molecular weight is 407 g/mol. The van der Waals surface area contributed by atoms with Gasteiger partial charge in [0.1, 0.15) is 0 Å². The summed E-state index contributed by atoms with van der Waals surface area (Å²) in [6.07, 6.45) is 0.837. The minimum Gasteiger partial charge on any atom is -0.322 e. The molecule has 0 aliphatic heterocycles. The molecule has 1 aliphatic carbocycles. The van der Waals surface area contributed by atoms with Gasteiger partial charge in [-0.2, -0.15) is 0 Å². The molecule has 148 valence electrons. The fraction of sp³-hybridized carbons (Fsp3) is 0.174. The van der Waals surface area contributed by atoms with Crippen LogP contribution < -0.4 is 10.0 Å². The third kappa shape index (κ3) is 3.95. The van der Waals surface area contributed by atoms with Crippen LogP contribution in [0.5, 0.6) is 0 Å². The Kier molecular flexibility index (Phi) is 4.98. The molecular formula is C23H22N2O3S. The number of carbonyl (C=O) groups excluding carboxylic acids is 1. The maximum Gasteiger partial charge on any atom is 0.255 e. The van der Waals surface area contributed by atoms with Gasteiger partial charge in [-0.15, -0.1) is 0 Å². The van der Waals surface area contributed by atoms with Crippen molar-refractivity contribution in [2.75, 3.05) is 5.32 Å². The highest BCUT2D eigenvalue weighted by Gasteiger charge is 2.20. The van der Waals surface area contributed by atoms with E-state index in [4.69, 9.17) is 0 Å². The van der Waals surface area contributed by atoms with E-state index in [1.807, 2.05) is 30.3 Å². The van der Waals surface area contributed by atoms with Crippen LogP contribution in [-0.2, 0) is 16.4 Å². The van der Waals surface area contributed by atoms with Crippen molar-refractivity contribution >= 4 is 21.6 Å². The minimum absolute atomic E-state index is 0.0725. The molecule has 0 aromatic heterocycles. The van der Waals surface area contributed by atoms with Crippen molar-refractivity contribution in [2.45, 2.75) is 31.2 Å². The highest BCUT2D eigenvalue weighted by Crippen LogP contribution is 2.37. The van der Waals surface area contributed by atoms with Crippen LogP contribution >= 0.6 is 0 Å². The van der Waals surface area contributed by atoms with Crippen molar-refractivity contribution in [2.24, 2.45) is 0 Å². The number of hydrogen-bond acceptors (Lipinski definition) is 3. The summed E-state index contributed by atoms with van der Waals surface area (Å²) in [4.78, 5) is 12.8. The number of carbonyl (C=O) groups is 1. The standard InChI is InChI=1S/C23H22N2O3S/c1-15(2)25-29(27,28)20-8-5-7-17(14-20)23(26)24-19-10-11-22-18(13-19)12-16-6-3-4-9-21(16)22/h3-11,13-15,25H,12H2,1-2H3,(H,24,26). The van der Waals surface area contributed by atoms with Gasteiger partial charge in [-0.25, -0.2) is 13.1 Å². The molecule has 5 nitrogen and oxygen atoms in total. The topological polar surface area (TPSA) is 75.3 Å². The number of fused-ring (bicyclic) bond motifs is 3. The van der Waals surface area contributed by atoms with Gasteiger partial charge in [0, 0.05) is 17.3 Å². The fourth-order valence-electron chi connectivity index (χ4n) is 3.61. The lowest BCUT2D eigenvalue weighted by atomic mass is 10.1. The predicted molar refractivity (Wildman–Crippen MR) is 115 cm³/mol. The molecule has 2 N–H and O–H groups in total. The second kappa shape index (κ2) is 7.46. The van der Waals surface area contributed by atoms with E-state index in [0.29, 0.717) is 11.3 Å². The molecule has 0 spiro atoms. The van der Waals surface area contributed by atoms with Crippen LogP contribution in [0.1, 0.15) is 35.3 Å². The summed E-state index contributed by atoms with van der Waals surface area (Å²) in [5, 5.41) is 2.88. The van der Waals surface area contributed by atoms with E-state index in [2.05, 4.69) is 22.2 Å². The Balaban J connectivity index is 1.55. The van der Waals surface area contributed by atoms with E-state index >= 15 is 0 Å². The third-order valence-corrected chi connectivity index (χ3v) is 6.51. The molecular weight excluding hydrogens is 384 g/mol. The van der Waals surface area contributed by atoms with Crippen LogP contribution in [0.25, 0.3) is 11.1 Å². The average Bonchev–Trinajstić information content (AvgIpc) is 3.05. The van der Waals surface area contributed by atoms with Crippen molar-refractivity contribution in [1.82, 2.24) is 4.72 Å². The van der Waals surface area contributed by atoms with Crippen molar-refractivity contribution in [1.29, 1.82) is 0 Å². The lowest BCUT2D eigenvalue weighted by molar-refractivity contribution is 0.102. The molecule has 1 amide bonds. The van der Waals surface area contributed by atoms with Crippen LogP contribution in [-0.4, -0.2) is 20.4 Å². The van der Waals surface area contributed by atoms with E-state index in [-0.39, 0.29) is 16.8 Å². The monoisotopic (exact) mass is 406 g/mol. The summed E-state index contributed by atoms with van der Waals surface area (Å²) in [5.41, 5.74) is 5.85. The lowest BCUT2D eigenvalue weighted by Crippen LogP contribution is -2.30. The summed E-state index contributed by atoms with van der Waals surface area (Å²) in [7, 11) is -3.66. The summed E-state index contributed by atoms with van der Waals surface area (Å²) in [5.74, 6) is -0.345. The molecule has 0 radical (unpaired) electrons. The number of amides is 1. The number of benzene rings is 3. The van der Waals surface area contributed by atoms with Gasteiger partial charge in [0.25, 0.3) is 5.91 Å². The van der Waals surface area contributed by atoms with Crippen LogP contribution in [0, 0.1) is 0 Å². The Morgan fingerprint density at radius 2 is 1.66 bits per heavy atom. The van der Waals surface area contributed by atoms with Crippen LogP contribution in [0.15, 0.2) is 71.6 Å². The van der Waals surface area contributed by atoms with E-state index in [1.165, 1.54) is 34.4 Å². The first-order valence-corrected chi connectivity index (χ1v) is 11.0. The van der Waals surface area contributed by atoms with E-state index < -0.39 is 10.0 Å². The number of anilines is 1. The first kappa shape index (κ1) is 19.4. The number of nitrogens with one attached hydrogen (secondary N) is 2. The van der Waals surface area contributed by atoms with Crippen LogP contribution in [0.4, 0.5) is 5.69 Å². The number of hydrogen-bond donors (Lipinski definition) is 2. The molecule has 6 heteroatoms. The van der Waals surface area contributed by atoms with Gasteiger partial charge in [0.2, 0.25) is 10.0 Å². The Bertz CT molecular complexity index is 1200. The SMILES string of the molecule is CC(C)NS(=O)(=O)c1cccc(C(=O)Nc2ccc3c(c2)Cc2ccccc2-3)c1. The zero-order chi connectivity index (χ0) is 20.6. The molecule has 0 saturated carbocycles. The van der Waals surface area contributed by atoms with Gasteiger partial charge in [-0.05, 0) is 72.9 Å². The second-order valence-corrected chi connectivity index (χ2v) is 9.18. The van der Waals surface area contributed by atoms with Gasteiger partial charge >= 0.3 is 0 Å². The highest BCUT2D eigenvalue weighted by atomic mass is 32.2. The van der Waals surface area contributed by atoms with Gasteiger partial charge in [0.15, 0.2) is 0 Å². The largest absolute Gasteiger partial charge is 0.322 e. The van der Waals surface area contributed by atoms with E-state index in [0.717, 1.165) is 6.42 Å². The molecule has 0 bridgehead atoms. The van der Waals surface area contributed by atoms with Crippen molar-refractivity contribution in [3.8, 4) is 11.1 Å². The normalized spacial score (nSPS) is 12.5. The number of sulfonamides is 1. The summed E-state index contributed by atoms with van der Waals surface area (Å²) in [6.45, 7) is 3.50. The Morgan fingerprint density at radius 1 is 0.897 bits per heavy atom. The minimum atomic E-state index is -3.66. The second-order valence-electron chi connectivity index (χ2n) is 7.46. The lowest BCUT2D eigenvalue weighted by Gasteiger charge is -2.11. The quantitative estimate of drug-likeness (QED) is 0.522. The van der Waals surface area contributed by atoms with Gasteiger partial charge < -0.3 is 5.32 Å². The predicted octanol–water partition coefficient (Wildman–Crippen LogP) is 4.20. The molecule has 0 atom stereocenters. The molecule has 0 unspecified atom stereocenters. The van der Waals surface area contributed by atoms with E-state index in [9.17, 15) is 13.2 Å². The first-order chi connectivity index (χ1) is 13.8. The Labute approximate surface area is 170 Å². The van der Waals surface area contributed by atoms with Gasteiger partial charge in [-0.3, -0.25) is 4.79 Å². The molecule has 0 saturated heterocycles. The number of rotatable bonds is 5.